The minimum Gasteiger partial charge on any atom is -0.327 e. The van der Waals surface area contributed by atoms with Gasteiger partial charge in [-0.3, -0.25) is 0 Å². The minimum atomic E-state index is -0.112. The first-order valence-corrected chi connectivity index (χ1v) is 6.83. The number of hydrogen-bond donors (Lipinski definition) is 1. The van der Waals surface area contributed by atoms with Gasteiger partial charge in [-0.15, -0.1) is 11.8 Å². The summed E-state index contributed by atoms with van der Waals surface area (Å²) in [4.78, 5) is 0.785. The Kier molecular flexibility index (Phi) is 5.85. The van der Waals surface area contributed by atoms with Gasteiger partial charge in [0.2, 0.25) is 0 Å². The van der Waals surface area contributed by atoms with Crippen LogP contribution in [0.4, 0.5) is 4.39 Å². The van der Waals surface area contributed by atoms with Crippen molar-refractivity contribution in [1.29, 1.82) is 0 Å². The van der Waals surface area contributed by atoms with Gasteiger partial charge in [0.25, 0.3) is 0 Å². The summed E-state index contributed by atoms with van der Waals surface area (Å²) in [6.45, 7) is 4.16. The molecule has 0 bridgehead atoms. The molecule has 0 aliphatic heterocycles. The quantitative estimate of drug-likeness (QED) is 0.770. The zero-order valence-corrected chi connectivity index (χ0v) is 10.8. The summed E-state index contributed by atoms with van der Waals surface area (Å²) in [6.07, 6.45) is 2.74. The second kappa shape index (κ2) is 6.92. The van der Waals surface area contributed by atoms with Crippen molar-refractivity contribution in [2.24, 2.45) is 5.73 Å². The molecule has 0 fully saturated rings. The topological polar surface area (TPSA) is 26.0 Å². The molecular formula is C13H20FNS. The number of rotatable bonds is 6. The van der Waals surface area contributed by atoms with Gasteiger partial charge in [0.1, 0.15) is 5.82 Å². The molecule has 2 N–H and O–H groups in total. The maximum absolute atomic E-state index is 13.7. The Labute approximate surface area is 102 Å². The third kappa shape index (κ3) is 3.80. The van der Waals surface area contributed by atoms with Gasteiger partial charge < -0.3 is 5.73 Å². The lowest BCUT2D eigenvalue weighted by atomic mass is 10.0. The molecule has 0 radical (unpaired) electrons. The van der Waals surface area contributed by atoms with Crippen LogP contribution in [0.15, 0.2) is 23.1 Å². The fraction of sp³-hybridized carbons (Fsp3) is 0.538. The van der Waals surface area contributed by atoms with Gasteiger partial charge in [-0.2, -0.15) is 0 Å². The highest BCUT2D eigenvalue weighted by Crippen LogP contribution is 2.27. The monoisotopic (exact) mass is 241 g/mol. The van der Waals surface area contributed by atoms with Crippen molar-refractivity contribution in [3.05, 3.63) is 29.6 Å². The normalized spacial score (nSPS) is 12.8. The van der Waals surface area contributed by atoms with E-state index in [9.17, 15) is 4.39 Å². The summed E-state index contributed by atoms with van der Waals surface area (Å²) >= 11 is 1.60. The Morgan fingerprint density at radius 2 is 2.12 bits per heavy atom. The standard InChI is InChI=1S/C13H20FNS/c1-3-8-16-13-10(9-11(15)4-2)6-5-7-12(13)14/h5-7,11H,3-4,8-9,15H2,1-2H3. The van der Waals surface area contributed by atoms with E-state index in [1.165, 1.54) is 6.07 Å². The third-order valence-corrected chi connectivity index (χ3v) is 3.86. The van der Waals surface area contributed by atoms with E-state index in [0.29, 0.717) is 0 Å². The fourth-order valence-corrected chi connectivity index (χ4v) is 2.46. The van der Waals surface area contributed by atoms with Crippen LogP contribution in [0.25, 0.3) is 0 Å². The summed E-state index contributed by atoms with van der Waals surface area (Å²) in [5.74, 6) is 0.842. The van der Waals surface area contributed by atoms with Crippen molar-refractivity contribution in [2.45, 2.75) is 44.0 Å². The SMILES string of the molecule is CCCSc1c(F)cccc1CC(N)CC. The van der Waals surface area contributed by atoms with Crippen molar-refractivity contribution in [1.82, 2.24) is 0 Å². The first-order valence-electron chi connectivity index (χ1n) is 5.84. The molecule has 0 spiro atoms. The average Bonchev–Trinajstić information content (AvgIpc) is 2.28. The van der Waals surface area contributed by atoms with E-state index in [4.69, 9.17) is 5.73 Å². The number of halogens is 1. The summed E-state index contributed by atoms with van der Waals surface area (Å²) in [5, 5.41) is 0. The lowest BCUT2D eigenvalue weighted by Crippen LogP contribution is -2.21. The molecule has 1 nitrogen and oxygen atoms in total. The van der Waals surface area contributed by atoms with Gasteiger partial charge in [-0.05, 0) is 36.6 Å². The minimum absolute atomic E-state index is 0.112. The zero-order chi connectivity index (χ0) is 12.0. The van der Waals surface area contributed by atoms with Gasteiger partial charge >= 0.3 is 0 Å². The summed E-state index contributed by atoms with van der Waals surface area (Å²) in [5.41, 5.74) is 6.97. The molecule has 0 saturated carbocycles. The first-order chi connectivity index (χ1) is 7.69. The van der Waals surface area contributed by atoms with Crippen LogP contribution in [-0.2, 0) is 6.42 Å². The summed E-state index contributed by atoms with van der Waals surface area (Å²) < 4.78 is 13.7. The van der Waals surface area contributed by atoms with E-state index in [-0.39, 0.29) is 11.9 Å². The van der Waals surface area contributed by atoms with Crippen LogP contribution in [0.1, 0.15) is 32.3 Å². The van der Waals surface area contributed by atoms with E-state index in [0.717, 1.165) is 35.5 Å². The molecule has 1 unspecified atom stereocenters. The van der Waals surface area contributed by atoms with E-state index in [2.05, 4.69) is 13.8 Å². The van der Waals surface area contributed by atoms with Crippen LogP contribution in [0.3, 0.4) is 0 Å². The maximum Gasteiger partial charge on any atom is 0.137 e. The second-order valence-corrected chi connectivity index (χ2v) is 5.05. The van der Waals surface area contributed by atoms with Crippen LogP contribution in [0.2, 0.25) is 0 Å². The van der Waals surface area contributed by atoms with Crippen molar-refractivity contribution in [3.8, 4) is 0 Å². The smallest absolute Gasteiger partial charge is 0.137 e. The maximum atomic E-state index is 13.7. The van der Waals surface area contributed by atoms with Crippen LogP contribution in [0.5, 0.6) is 0 Å². The highest BCUT2D eigenvalue weighted by molar-refractivity contribution is 7.99. The van der Waals surface area contributed by atoms with E-state index < -0.39 is 0 Å². The van der Waals surface area contributed by atoms with Crippen LogP contribution in [-0.4, -0.2) is 11.8 Å². The number of hydrogen-bond acceptors (Lipinski definition) is 2. The molecule has 0 saturated heterocycles. The van der Waals surface area contributed by atoms with Crippen molar-refractivity contribution in [2.75, 3.05) is 5.75 Å². The van der Waals surface area contributed by atoms with Gasteiger partial charge in [-0.1, -0.05) is 26.0 Å². The predicted molar refractivity (Wildman–Crippen MR) is 69.4 cm³/mol. The number of benzene rings is 1. The number of thioether (sulfide) groups is 1. The van der Waals surface area contributed by atoms with Crippen LogP contribution < -0.4 is 5.73 Å². The number of nitrogens with two attached hydrogens (primary N) is 1. The molecule has 1 atom stereocenters. The molecule has 1 aromatic carbocycles. The highest BCUT2D eigenvalue weighted by atomic mass is 32.2. The largest absolute Gasteiger partial charge is 0.327 e. The Morgan fingerprint density at radius 1 is 1.38 bits per heavy atom. The Hall–Kier alpha value is -0.540. The van der Waals surface area contributed by atoms with Crippen molar-refractivity contribution >= 4 is 11.8 Å². The molecule has 90 valence electrons. The molecule has 1 aromatic rings. The van der Waals surface area contributed by atoms with Gasteiger partial charge in [-0.25, -0.2) is 4.39 Å². The lowest BCUT2D eigenvalue weighted by molar-refractivity contribution is 0.585. The molecule has 3 heteroatoms. The zero-order valence-electron chi connectivity index (χ0n) is 10.0. The molecule has 1 rings (SSSR count). The second-order valence-electron chi connectivity index (χ2n) is 3.95. The molecule has 16 heavy (non-hydrogen) atoms. The molecular weight excluding hydrogens is 221 g/mol. The first kappa shape index (κ1) is 13.5. The third-order valence-electron chi connectivity index (χ3n) is 2.51. The van der Waals surface area contributed by atoms with E-state index >= 15 is 0 Å². The molecule has 0 heterocycles. The Bertz CT molecular complexity index is 328. The van der Waals surface area contributed by atoms with Gasteiger partial charge in [0.05, 0.1) is 0 Å². The Balaban J connectivity index is 2.84. The Morgan fingerprint density at radius 3 is 2.75 bits per heavy atom. The molecule has 0 aliphatic rings. The summed E-state index contributed by atoms with van der Waals surface area (Å²) in [6, 6.07) is 5.40. The average molecular weight is 241 g/mol. The molecule has 0 aromatic heterocycles. The van der Waals surface area contributed by atoms with Gasteiger partial charge in [0.15, 0.2) is 0 Å². The fourth-order valence-electron chi connectivity index (χ4n) is 1.51. The highest BCUT2D eigenvalue weighted by Gasteiger charge is 2.11. The predicted octanol–water partition coefficient (Wildman–Crippen LogP) is 3.61. The van der Waals surface area contributed by atoms with Crippen molar-refractivity contribution in [3.63, 3.8) is 0 Å². The van der Waals surface area contributed by atoms with E-state index in [1.807, 2.05) is 6.07 Å². The molecule has 0 aliphatic carbocycles. The van der Waals surface area contributed by atoms with Crippen molar-refractivity contribution < 1.29 is 4.39 Å². The van der Waals surface area contributed by atoms with E-state index in [1.54, 1.807) is 17.8 Å². The molecule has 0 amide bonds. The van der Waals surface area contributed by atoms with Crippen LogP contribution >= 0.6 is 11.8 Å². The summed E-state index contributed by atoms with van der Waals surface area (Å²) in [7, 11) is 0. The van der Waals surface area contributed by atoms with Gasteiger partial charge in [0, 0.05) is 10.9 Å². The lowest BCUT2D eigenvalue weighted by Gasteiger charge is -2.13. The van der Waals surface area contributed by atoms with Crippen LogP contribution in [0, 0.1) is 5.82 Å².